The summed E-state index contributed by atoms with van der Waals surface area (Å²) in [5.74, 6) is -0.798. The smallest absolute Gasteiger partial charge is 0.238 e. The van der Waals surface area contributed by atoms with E-state index in [1.165, 1.54) is 24.8 Å². The highest BCUT2D eigenvalue weighted by molar-refractivity contribution is 7.92. The average Bonchev–Trinajstić information content (AvgIpc) is 3.18. The number of hydrogen-bond acceptors (Lipinski definition) is 5. The highest BCUT2D eigenvalue weighted by atomic mass is 32.2. The highest BCUT2D eigenvalue weighted by Gasteiger charge is 2.35. The highest BCUT2D eigenvalue weighted by Crippen LogP contribution is 2.38. The van der Waals surface area contributed by atoms with E-state index in [0.29, 0.717) is 17.1 Å². The number of sulfonamides is 1. The molecule has 2 heterocycles. The number of hydrogen-bond donors (Lipinski definition) is 2. The van der Waals surface area contributed by atoms with Crippen LogP contribution in [0.5, 0.6) is 0 Å². The van der Waals surface area contributed by atoms with Crippen LogP contribution in [0.3, 0.4) is 0 Å². The number of anilines is 2. The van der Waals surface area contributed by atoms with Crippen LogP contribution in [0.2, 0.25) is 0 Å². The van der Waals surface area contributed by atoms with Crippen molar-refractivity contribution in [2.45, 2.75) is 31.7 Å². The molecule has 2 aliphatic rings. The van der Waals surface area contributed by atoms with Gasteiger partial charge >= 0.3 is 0 Å². The van der Waals surface area contributed by atoms with E-state index in [-0.39, 0.29) is 5.91 Å². The zero-order valence-corrected chi connectivity index (χ0v) is 21.1. The predicted molar refractivity (Wildman–Crippen MR) is 144 cm³/mol. The molecule has 1 saturated heterocycles. The Hall–Kier alpha value is -3.49. The zero-order chi connectivity index (χ0) is 25.1. The molecule has 2 aliphatic heterocycles. The fourth-order valence-electron chi connectivity index (χ4n) is 4.91. The van der Waals surface area contributed by atoms with E-state index in [1.807, 2.05) is 42.5 Å². The molecule has 0 spiro atoms. The summed E-state index contributed by atoms with van der Waals surface area (Å²) in [6, 6.07) is 23.0. The molecule has 8 heteroatoms. The number of carbonyl (C=O) groups excluding carboxylic acids is 1. The number of amides is 1. The number of aliphatic imine (C=N–C) groups is 1. The van der Waals surface area contributed by atoms with Gasteiger partial charge in [-0.25, -0.2) is 8.42 Å². The van der Waals surface area contributed by atoms with E-state index < -0.39 is 15.9 Å². The maximum absolute atomic E-state index is 13.2. The molecule has 0 bridgehead atoms. The molecule has 1 amide bonds. The van der Waals surface area contributed by atoms with Crippen molar-refractivity contribution in [3.8, 4) is 0 Å². The number of benzene rings is 3. The molecule has 2 N–H and O–H groups in total. The summed E-state index contributed by atoms with van der Waals surface area (Å²) >= 11 is 0. The fraction of sp³-hybridized carbons (Fsp3) is 0.286. The van der Waals surface area contributed by atoms with Crippen LogP contribution >= 0.6 is 0 Å². The van der Waals surface area contributed by atoms with Gasteiger partial charge in [-0.2, -0.15) is 0 Å². The Bertz CT molecular complexity index is 1380. The fourth-order valence-corrected chi connectivity index (χ4v) is 5.46. The molecule has 1 unspecified atom stereocenters. The second-order valence-electron chi connectivity index (χ2n) is 9.46. The first-order valence-corrected chi connectivity index (χ1v) is 14.1. The number of carbonyl (C=O) groups is 1. The molecule has 7 nitrogen and oxygen atoms in total. The second kappa shape index (κ2) is 10.2. The van der Waals surface area contributed by atoms with Gasteiger partial charge in [0.2, 0.25) is 15.9 Å². The minimum atomic E-state index is -3.42. The van der Waals surface area contributed by atoms with Crippen molar-refractivity contribution in [3.05, 3.63) is 89.5 Å². The summed E-state index contributed by atoms with van der Waals surface area (Å²) in [6.45, 7) is 3.24. The predicted octanol–water partition coefficient (Wildman–Crippen LogP) is 4.90. The SMILES string of the molecule is CS(=O)(=O)Nc1ccc2c(c1)NC(=O)C2C(=Nc1ccc(CN2CCCCC2)cc1)c1ccccc1. The summed E-state index contributed by atoms with van der Waals surface area (Å²) in [6.07, 6.45) is 4.94. The zero-order valence-electron chi connectivity index (χ0n) is 20.3. The summed E-state index contributed by atoms with van der Waals surface area (Å²) in [4.78, 5) is 20.6. The minimum absolute atomic E-state index is 0.189. The molecular formula is C28H30N4O3S. The van der Waals surface area contributed by atoms with Crippen LogP contribution in [0.1, 0.15) is 41.9 Å². The van der Waals surface area contributed by atoms with Gasteiger partial charge in [0, 0.05) is 12.2 Å². The van der Waals surface area contributed by atoms with Gasteiger partial charge in [-0.15, -0.1) is 0 Å². The van der Waals surface area contributed by atoms with Crippen molar-refractivity contribution in [2.24, 2.45) is 4.99 Å². The van der Waals surface area contributed by atoms with Crippen LogP contribution in [0, 0.1) is 0 Å². The van der Waals surface area contributed by atoms with Crippen molar-refractivity contribution in [3.63, 3.8) is 0 Å². The lowest BCUT2D eigenvalue weighted by Gasteiger charge is -2.26. The van der Waals surface area contributed by atoms with Gasteiger partial charge in [0.1, 0.15) is 5.92 Å². The van der Waals surface area contributed by atoms with Crippen LogP contribution < -0.4 is 10.0 Å². The number of piperidine rings is 1. The first kappa shape index (κ1) is 24.2. The average molecular weight is 503 g/mol. The Morgan fingerprint density at radius 1 is 1.00 bits per heavy atom. The Morgan fingerprint density at radius 2 is 1.72 bits per heavy atom. The standard InChI is InChI=1S/C28H30N4O3S/c1-36(34,35)31-23-14-15-24-25(18-23)30-28(33)26(24)27(21-8-4-2-5-9-21)29-22-12-10-20(11-13-22)19-32-16-6-3-7-17-32/h2,4-5,8-15,18,26,31H,3,6-7,16-17,19H2,1H3,(H,30,33). The monoisotopic (exact) mass is 502 g/mol. The Kier molecular flexibility index (Phi) is 6.89. The lowest BCUT2D eigenvalue weighted by molar-refractivity contribution is -0.115. The Balaban J connectivity index is 1.47. The van der Waals surface area contributed by atoms with Gasteiger partial charge in [-0.05, 0) is 66.9 Å². The van der Waals surface area contributed by atoms with Gasteiger partial charge < -0.3 is 5.32 Å². The minimum Gasteiger partial charge on any atom is -0.325 e. The lowest BCUT2D eigenvalue weighted by Crippen LogP contribution is -2.28. The van der Waals surface area contributed by atoms with E-state index in [2.05, 4.69) is 27.1 Å². The topological polar surface area (TPSA) is 90.9 Å². The summed E-state index contributed by atoms with van der Waals surface area (Å²) < 4.78 is 25.7. The molecular weight excluding hydrogens is 472 g/mol. The van der Waals surface area contributed by atoms with Gasteiger partial charge in [-0.3, -0.25) is 19.4 Å². The molecule has 0 aliphatic carbocycles. The van der Waals surface area contributed by atoms with Gasteiger partial charge in [-0.1, -0.05) is 55.0 Å². The third-order valence-electron chi connectivity index (χ3n) is 6.57. The van der Waals surface area contributed by atoms with Crippen molar-refractivity contribution in [2.75, 3.05) is 29.4 Å². The van der Waals surface area contributed by atoms with E-state index in [4.69, 9.17) is 4.99 Å². The van der Waals surface area contributed by atoms with Crippen LogP contribution in [-0.2, 0) is 21.4 Å². The molecule has 0 radical (unpaired) electrons. The van der Waals surface area contributed by atoms with Crippen molar-refractivity contribution in [1.29, 1.82) is 0 Å². The number of nitrogens with zero attached hydrogens (tertiary/aromatic N) is 2. The van der Waals surface area contributed by atoms with Crippen molar-refractivity contribution < 1.29 is 13.2 Å². The molecule has 1 atom stereocenters. The second-order valence-corrected chi connectivity index (χ2v) is 11.2. The van der Waals surface area contributed by atoms with Crippen molar-refractivity contribution >= 4 is 38.7 Å². The van der Waals surface area contributed by atoms with E-state index in [0.717, 1.165) is 42.7 Å². The maximum Gasteiger partial charge on any atom is 0.238 e. The van der Waals surface area contributed by atoms with E-state index in [1.54, 1.807) is 18.2 Å². The van der Waals surface area contributed by atoms with Crippen LogP contribution in [0.4, 0.5) is 17.1 Å². The molecule has 0 saturated carbocycles. The summed E-state index contributed by atoms with van der Waals surface area (Å²) in [5, 5.41) is 2.90. The lowest BCUT2D eigenvalue weighted by atomic mass is 9.90. The first-order chi connectivity index (χ1) is 17.4. The molecule has 3 aromatic rings. The quantitative estimate of drug-likeness (QED) is 0.450. The molecule has 36 heavy (non-hydrogen) atoms. The first-order valence-electron chi connectivity index (χ1n) is 12.2. The Labute approximate surface area is 212 Å². The Morgan fingerprint density at radius 3 is 2.42 bits per heavy atom. The molecule has 1 fully saturated rings. The van der Waals surface area contributed by atoms with Gasteiger partial charge in [0.15, 0.2) is 0 Å². The molecule has 0 aromatic heterocycles. The number of nitrogens with one attached hydrogen (secondary N) is 2. The third kappa shape index (κ3) is 5.66. The van der Waals surface area contributed by atoms with E-state index >= 15 is 0 Å². The molecule has 186 valence electrons. The summed E-state index contributed by atoms with van der Waals surface area (Å²) in [5.41, 5.74) is 5.31. The van der Waals surface area contributed by atoms with E-state index in [9.17, 15) is 13.2 Å². The van der Waals surface area contributed by atoms with Crippen LogP contribution in [0.25, 0.3) is 0 Å². The number of likely N-dealkylation sites (tertiary alicyclic amines) is 1. The molecule has 3 aromatic carbocycles. The normalized spacial score (nSPS) is 18.5. The van der Waals surface area contributed by atoms with Gasteiger partial charge in [0.05, 0.1) is 23.3 Å². The van der Waals surface area contributed by atoms with Gasteiger partial charge in [0.25, 0.3) is 0 Å². The largest absolute Gasteiger partial charge is 0.325 e. The number of rotatable bonds is 7. The maximum atomic E-state index is 13.2. The molecule has 5 rings (SSSR count). The third-order valence-corrected chi connectivity index (χ3v) is 7.18. The van der Waals surface area contributed by atoms with Crippen LogP contribution in [0.15, 0.2) is 77.8 Å². The van der Waals surface area contributed by atoms with Crippen molar-refractivity contribution in [1.82, 2.24) is 4.90 Å². The number of fused-ring (bicyclic) bond motifs is 1. The summed E-state index contributed by atoms with van der Waals surface area (Å²) in [7, 11) is -3.42. The van der Waals surface area contributed by atoms with Crippen LogP contribution in [-0.4, -0.2) is 44.3 Å².